The number of nitrogens with zero attached hydrogens (tertiary/aromatic N) is 4. The average molecular weight is 943 g/mol. The Bertz CT molecular complexity index is 2380. The number of aliphatic hydroxyl groups excluding tert-OH is 1. The maximum atomic E-state index is 14.0. The van der Waals surface area contributed by atoms with Gasteiger partial charge in [0.25, 0.3) is 5.91 Å². The summed E-state index contributed by atoms with van der Waals surface area (Å²) < 4.78 is 11.7. The standard InChI is InChI=1S/C48H60ClN9O7S/c1-28(30-8-10-31(11-9-30)42-29(2)54-27-66-42)55-45(62)37-20-34(59)25-58(37)46(63)43(47(3,4)5)57-41(60)26-64-19-18-51-16-17-52-40-15-13-33(24-53-40)44(61)56-38-22-39(48(38,6)7)65-35-14-12-32(23-50)36(49)21-35/h8-15,21,24,27-28,34,37-39,43,51,59H,16-20,22,25-26H2,1-7H3,(H,52,53)(H,55,62)(H,56,61)(H,57,60)/t28-,34+,37-,38-,39+,43+/m0/s1. The molecule has 1 aliphatic carbocycles. The Morgan fingerprint density at radius 2 is 1.79 bits per heavy atom. The van der Waals surface area contributed by atoms with Gasteiger partial charge in [0.05, 0.1) is 51.0 Å². The van der Waals surface area contributed by atoms with Crippen LogP contribution in [0, 0.1) is 29.1 Å². The minimum Gasteiger partial charge on any atom is -0.490 e. The normalized spacial score (nSPS) is 19.7. The van der Waals surface area contributed by atoms with Crippen LogP contribution < -0.4 is 31.3 Å². The quantitative estimate of drug-likeness (QED) is 0.0651. The van der Waals surface area contributed by atoms with Crippen molar-refractivity contribution in [2.75, 3.05) is 44.7 Å². The first-order chi connectivity index (χ1) is 31.3. The SMILES string of the molecule is Cc1ncsc1-c1ccc([C@H](C)NC(=O)[C@@H]2C[C@@H](O)CN2C(=O)[C@@H](NC(=O)COCCNCCNc2ccc(C(=O)N[C@H]3C[C@@H](Oc4ccc(C#N)c(Cl)c4)C3(C)C)cn2)C(C)(C)C)cc1. The molecule has 4 amide bonds. The van der Waals surface area contributed by atoms with Gasteiger partial charge in [-0.25, -0.2) is 9.97 Å². The van der Waals surface area contributed by atoms with Gasteiger partial charge < -0.3 is 46.1 Å². The molecule has 6 rings (SSSR count). The Labute approximate surface area is 395 Å². The average Bonchev–Trinajstić information content (AvgIpc) is 3.90. The molecule has 0 radical (unpaired) electrons. The van der Waals surface area contributed by atoms with Crippen molar-refractivity contribution in [2.45, 2.75) is 97.7 Å². The third-order valence-electron chi connectivity index (χ3n) is 12.2. The van der Waals surface area contributed by atoms with E-state index in [0.29, 0.717) is 53.8 Å². The summed E-state index contributed by atoms with van der Waals surface area (Å²) in [5, 5.41) is 35.4. The molecule has 0 unspecified atom stereocenters. The van der Waals surface area contributed by atoms with E-state index in [-0.39, 0.29) is 61.6 Å². The summed E-state index contributed by atoms with van der Waals surface area (Å²) in [6.07, 6.45) is 1.21. The van der Waals surface area contributed by atoms with E-state index in [4.69, 9.17) is 26.3 Å². The molecular formula is C48H60ClN9O7S. The molecule has 66 heavy (non-hydrogen) atoms. The molecule has 1 saturated carbocycles. The monoisotopic (exact) mass is 941 g/mol. The number of carbonyl (C=O) groups excluding carboxylic acids is 4. The predicted molar refractivity (Wildman–Crippen MR) is 253 cm³/mol. The number of thiazole rings is 1. The second-order valence-corrected chi connectivity index (χ2v) is 19.7. The lowest BCUT2D eigenvalue weighted by atomic mass is 9.64. The maximum absolute atomic E-state index is 14.0. The number of benzene rings is 2. The molecule has 2 aliphatic rings. The van der Waals surface area contributed by atoms with Crippen molar-refractivity contribution in [3.63, 3.8) is 0 Å². The summed E-state index contributed by atoms with van der Waals surface area (Å²) in [5.74, 6) is -0.340. The molecule has 18 heteroatoms. The number of nitriles is 1. The third kappa shape index (κ3) is 12.4. The lowest BCUT2D eigenvalue weighted by Gasteiger charge is -2.51. The number of β-amino-alcohol motifs (C(OH)–C–C–N with tert-alkyl or cyclic N) is 1. The number of aryl methyl sites for hydroxylation is 1. The van der Waals surface area contributed by atoms with Crippen LogP contribution in [0.25, 0.3) is 10.4 Å². The smallest absolute Gasteiger partial charge is 0.253 e. The van der Waals surface area contributed by atoms with E-state index in [9.17, 15) is 24.3 Å². The summed E-state index contributed by atoms with van der Waals surface area (Å²) >= 11 is 7.73. The van der Waals surface area contributed by atoms with Gasteiger partial charge in [0.15, 0.2) is 0 Å². The third-order valence-corrected chi connectivity index (χ3v) is 13.5. The number of hydrogen-bond acceptors (Lipinski definition) is 13. The number of pyridine rings is 1. The highest BCUT2D eigenvalue weighted by Gasteiger charge is 2.51. The number of nitrogens with one attached hydrogen (secondary N) is 5. The van der Waals surface area contributed by atoms with Crippen LogP contribution in [-0.4, -0.2) is 113 Å². The van der Waals surface area contributed by atoms with Gasteiger partial charge in [0.1, 0.15) is 42.4 Å². The van der Waals surface area contributed by atoms with E-state index in [1.54, 1.807) is 41.7 Å². The lowest BCUT2D eigenvalue weighted by molar-refractivity contribution is -0.144. The Kier molecular flexibility index (Phi) is 16.4. The molecule has 2 aromatic carbocycles. The second kappa shape index (κ2) is 21.8. The fourth-order valence-corrected chi connectivity index (χ4v) is 8.98. The Balaban J connectivity index is 0.872. The summed E-state index contributed by atoms with van der Waals surface area (Å²) in [7, 11) is 0. The topological polar surface area (TPSA) is 220 Å². The van der Waals surface area contributed by atoms with Gasteiger partial charge in [-0.15, -0.1) is 11.3 Å². The predicted octanol–water partition coefficient (Wildman–Crippen LogP) is 5.40. The van der Waals surface area contributed by atoms with Gasteiger partial charge in [-0.1, -0.05) is 70.5 Å². The van der Waals surface area contributed by atoms with E-state index < -0.39 is 35.4 Å². The van der Waals surface area contributed by atoms with Crippen molar-refractivity contribution < 1.29 is 33.8 Å². The molecule has 2 fully saturated rings. The summed E-state index contributed by atoms with van der Waals surface area (Å²) in [6.45, 7) is 14.9. The molecule has 352 valence electrons. The van der Waals surface area contributed by atoms with Crippen LogP contribution in [-0.2, 0) is 19.1 Å². The van der Waals surface area contributed by atoms with Crippen LogP contribution in [0.4, 0.5) is 5.82 Å². The Morgan fingerprint density at radius 3 is 2.42 bits per heavy atom. The van der Waals surface area contributed by atoms with Crippen LogP contribution in [0.3, 0.4) is 0 Å². The van der Waals surface area contributed by atoms with Crippen LogP contribution in [0.5, 0.6) is 5.75 Å². The van der Waals surface area contributed by atoms with Crippen LogP contribution in [0.15, 0.2) is 66.3 Å². The largest absolute Gasteiger partial charge is 0.490 e. The van der Waals surface area contributed by atoms with Crippen LogP contribution in [0.1, 0.15) is 87.6 Å². The fraction of sp³-hybridized carbons (Fsp3) is 0.479. The van der Waals surface area contributed by atoms with Crippen molar-refractivity contribution in [3.05, 3.63) is 93.7 Å². The van der Waals surface area contributed by atoms with Gasteiger partial charge in [-0.05, 0) is 54.7 Å². The van der Waals surface area contributed by atoms with Gasteiger partial charge in [0.2, 0.25) is 17.7 Å². The zero-order valence-corrected chi connectivity index (χ0v) is 40.0. The molecule has 6 N–H and O–H groups in total. The molecule has 0 bridgehead atoms. The van der Waals surface area contributed by atoms with Crippen molar-refractivity contribution in [2.24, 2.45) is 10.8 Å². The van der Waals surface area contributed by atoms with Crippen molar-refractivity contribution >= 4 is 52.4 Å². The number of rotatable bonds is 19. The highest BCUT2D eigenvalue weighted by Crippen LogP contribution is 2.43. The van der Waals surface area contributed by atoms with Crippen molar-refractivity contribution in [1.29, 1.82) is 5.26 Å². The number of hydrogen-bond donors (Lipinski definition) is 6. The molecule has 6 atom stereocenters. The van der Waals surface area contributed by atoms with Gasteiger partial charge >= 0.3 is 0 Å². The van der Waals surface area contributed by atoms with Gasteiger partial charge in [0, 0.05) is 62.7 Å². The van der Waals surface area contributed by atoms with E-state index in [0.717, 1.165) is 21.7 Å². The first-order valence-corrected chi connectivity index (χ1v) is 23.4. The van der Waals surface area contributed by atoms with Crippen LogP contribution >= 0.6 is 22.9 Å². The zero-order valence-electron chi connectivity index (χ0n) is 38.4. The molecule has 0 spiro atoms. The summed E-state index contributed by atoms with van der Waals surface area (Å²) in [5.41, 5.74) is 4.48. The van der Waals surface area contributed by atoms with Crippen molar-refractivity contribution in [3.8, 4) is 22.3 Å². The number of anilines is 1. The number of ether oxygens (including phenoxy) is 2. The highest BCUT2D eigenvalue weighted by atomic mass is 35.5. The Hall–Kier alpha value is -5.64. The van der Waals surface area contributed by atoms with E-state index >= 15 is 0 Å². The van der Waals surface area contributed by atoms with E-state index in [1.165, 1.54) is 11.1 Å². The molecule has 16 nitrogen and oxygen atoms in total. The minimum absolute atomic E-state index is 0.0243. The minimum atomic E-state index is -0.971. The first-order valence-electron chi connectivity index (χ1n) is 22.1. The maximum Gasteiger partial charge on any atom is 0.253 e. The van der Waals surface area contributed by atoms with Gasteiger partial charge in [-0.2, -0.15) is 5.26 Å². The molecule has 1 aliphatic heterocycles. The molecular weight excluding hydrogens is 882 g/mol. The van der Waals surface area contributed by atoms with Crippen LogP contribution in [0.2, 0.25) is 5.02 Å². The Morgan fingerprint density at radius 1 is 1.03 bits per heavy atom. The molecule has 4 aromatic rings. The highest BCUT2D eigenvalue weighted by molar-refractivity contribution is 7.13. The number of aromatic nitrogens is 2. The first kappa shape index (κ1) is 49.8. The second-order valence-electron chi connectivity index (χ2n) is 18.5. The van der Waals surface area contributed by atoms with Gasteiger partial charge in [-0.3, -0.25) is 19.2 Å². The number of amides is 4. The molecule has 1 saturated heterocycles. The summed E-state index contributed by atoms with van der Waals surface area (Å²) in [6, 6.07) is 16.0. The molecule has 3 heterocycles. The van der Waals surface area contributed by atoms with E-state index in [2.05, 4.69) is 36.6 Å². The fourth-order valence-electron chi connectivity index (χ4n) is 7.96. The summed E-state index contributed by atoms with van der Waals surface area (Å²) in [4.78, 5) is 64.9. The number of carbonyl (C=O) groups is 4. The van der Waals surface area contributed by atoms with Crippen molar-refractivity contribution in [1.82, 2.24) is 36.1 Å². The number of likely N-dealkylation sites (tertiary alicyclic amines) is 1. The van der Waals surface area contributed by atoms with E-state index in [1.807, 2.05) is 84.3 Å². The lowest BCUT2D eigenvalue weighted by Crippen LogP contribution is -2.63. The molecule has 2 aromatic heterocycles. The number of halogens is 1. The number of aliphatic hydroxyl groups is 1. The zero-order chi connectivity index (χ0) is 47.8.